The third-order valence-corrected chi connectivity index (χ3v) is 2.35. The first-order chi connectivity index (χ1) is 9.59. The molecule has 0 saturated heterocycles. The van der Waals surface area contributed by atoms with Gasteiger partial charge in [0, 0.05) is 15.9 Å². The number of aromatic nitrogens is 1. The largest absolute Gasteiger partial charge is 0.416 e. The molecule has 0 aliphatic heterocycles. The Morgan fingerprint density at radius 3 is 2.39 bits per heavy atom. The third-order valence-electron chi connectivity index (χ3n) is 2.35. The average molecular weight is 258 g/mol. The fraction of sp³-hybridized carbons (Fsp3) is 0.154. The van der Waals surface area contributed by atoms with Crippen LogP contribution in [0.15, 0.2) is 36.5 Å². The number of benzene rings is 1. The summed E-state index contributed by atoms with van der Waals surface area (Å²) in [5.74, 6) is -0.533. The summed E-state index contributed by atoms with van der Waals surface area (Å²) in [7, 11) is 0. The molecule has 1 heterocycles. The molecule has 2 rings (SSSR count). The average Bonchev–Trinajstić information content (AvgIpc) is 2.37. The standard InChI is InChI=1S/C13H9F4N/c1-8-7-18-12(6-11(8)13(15,16)17)9-2-4-10(14)5-3-9/h2-7H,1H3/i1D3. The highest BCUT2D eigenvalue weighted by molar-refractivity contribution is 5.60. The van der Waals surface area contributed by atoms with E-state index in [1.807, 2.05) is 0 Å². The summed E-state index contributed by atoms with van der Waals surface area (Å²) in [5, 5.41) is 0. The van der Waals surface area contributed by atoms with Gasteiger partial charge in [0.05, 0.1) is 11.3 Å². The molecule has 0 amide bonds. The summed E-state index contributed by atoms with van der Waals surface area (Å²) in [6, 6.07) is 5.37. The van der Waals surface area contributed by atoms with E-state index in [4.69, 9.17) is 4.11 Å². The van der Waals surface area contributed by atoms with Crippen LogP contribution in [0.1, 0.15) is 15.2 Å². The van der Waals surface area contributed by atoms with Crippen molar-refractivity contribution in [2.75, 3.05) is 0 Å². The Hall–Kier alpha value is -1.91. The van der Waals surface area contributed by atoms with Gasteiger partial charge in [0.2, 0.25) is 0 Å². The van der Waals surface area contributed by atoms with Crippen molar-refractivity contribution in [1.82, 2.24) is 4.98 Å². The molecule has 0 atom stereocenters. The van der Waals surface area contributed by atoms with Gasteiger partial charge in [0.25, 0.3) is 0 Å². The summed E-state index contributed by atoms with van der Waals surface area (Å²) in [6.07, 6.45) is -4.13. The van der Waals surface area contributed by atoms with Gasteiger partial charge < -0.3 is 0 Å². The van der Waals surface area contributed by atoms with Gasteiger partial charge in [0.15, 0.2) is 0 Å². The maximum Gasteiger partial charge on any atom is 0.416 e. The number of aryl methyl sites for hydroxylation is 1. The van der Waals surface area contributed by atoms with Gasteiger partial charge in [-0.25, -0.2) is 4.39 Å². The van der Waals surface area contributed by atoms with Crippen molar-refractivity contribution in [2.45, 2.75) is 13.0 Å². The Morgan fingerprint density at radius 2 is 1.83 bits per heavy atom. The first-order valence-corrected chi connectivity index (χ1v) is 4.93. The van der Waals surface area contributed by atoms with Gasteiger partial charge >= 0.3 is 6.18 Å². The van der Waals surface area contributed by atoms with E-state index < -0.39 is 30.0 Å². The normalized spacial score (nSPS) is 14.8. The molecule has 0 bridgehead atoms. The van der Waals surface area contributed by atoms with E-state index in [1.54, 1.807) is 0 Å². The SMILES string of the molecule is [2H]C([2H])([2H])c1cnc(-c2ccc(F)cc2)cc1C(F)(F)F. The molecule has 94 valence electrons. The van der Waals surface area contributed by atoms with Crippen LogP contribution in [0.3, 0.4) is 0 Å². The van der Waals surface area contributed by atoms with Crippen molar-refractivity contribution in [3.05, 3.63) is 53.5 Å². The summed E-state index contributed by atoms with van der Waals surface area (Å²) in [4.78, 5) is 3.74. The Balaban J connectivity index is 2.60. The van der Waals surface area contributed by atoms with E-state index in [0.29, 0.717) is 12.3 Å². The van der Waals surface area contributed by atoms with Gasteiger partial charge in [0.1, 0.15) is 5.82 Å². The number of alkyl halides is 3. The van der Waals surface area contributed by atoms with E-state index in [9.17, 15) is 17.6 Å². The second-order valence-electron chi connectivity index (χ2n) is 3.62. The van der Waals surface area contributed by atoms with E-state index in [1.165, 1.54) is 12.1 Å². The molecule has 0 aliphatic rings. The number of hydrogen-bond acceptors (Lipinski definition) is 1. The maximum absolute atomic E-state index is 13.0. The minimum absolute atomic E-state index is 0.0738. The highest BCUT2D eigenvalue weighted by atomic mass is 19.4. The van der Waals surface area contributed by atoms with Crippen LogP contribution in [0.4, 0.5) is 17.6 Å². The quantitative estimate of drug-likeness (QED) is 0.698. The zero-order valence-electron chi connectivity index (χ0n) is 11.9. The monoisotopic (exact) mass is 258 g/mol. The summed E-state index contributed by atoms with van der Waals surface area (Å²) >= 11 is 0. The zero-order chi connectivity index (χ0) is 15.8. The van der Waals surface area contributed by atoms with Crippen LogP contribution >= 0.6 is 0 Å². The lowest BCUT2D eigenvalue weighted by Crippen LogP contribution is -2.08. The second-order valence-corrected chi connectivity index (χ2v) is 3.62. The molecule has 5 heteroatoms. The molecule has 18 heavy (non-hydrogen) atoms. The van der Waals surface area contributed by atoms with Gasteiger partial charge in [-0.2, -0.15) is 13.2 Å². The lowest BCUT2D eigenvalue weighted by molar-refractivity contribution is -0.138. The Morgan fingerprint density at radius 1 is 1.17 bits per heavy atom. The molecule has 0 fully saturated rings. The fourth-order valence-electron chi connectivity index (χ4n) is 1.47. The number of rotatable bonds is 1. The molecule has 0 spiro atoms. The predicted molar refractivity (Wildman–Crippen MR) is 59.4 cm³/mol. The van der Waals surface area contributed by atoms with Gasteiger partial charge in [-0.05, 0) is 42.7 Å². The van der Waals surface area contributed by atoms with Gasteiger partial charge in [-0.3, -0.25) is 4.98 Å². The van der Waals surface area contributed by atoms with Crippen LogP contribution in [0, 0.1) is 12.7 Å². The first kappa shape index (κ1) is 9.08. The molecule has 0 saturated carbocycles. The topological polar surface area (TPSA) is 12.9 Å². The van der Waals surface area contributed by atoms with E-state index in [-0.39, 0.29) is 11.3 Å². The van der Waals surface area contributed by atoms with Gasteiger partial charge in [-0.15, -0.1) is 0 Å². The van der Waals surface area contributed by atoms with E-state index in [2.05, 4.69) is 4.98 Å². The number of halogens is 4. The molecule has 1 nitrogen and oxygen atoms in total. The van der Waals surface area contributed by atoms with Crippen molar-refractivity contribution in [3.8, 4) is 11.3 Å². The first-order valence-electron chi connectivity index (χ1n) is 6.43. The third kappa shape index (κ3) is 2.50. The molecule has 1 aromatic heterocycles. The number of pyridine rings is 1. The summed E-state index contributed by atoms with van der Waals surface area (Å²) in [5.41, 5.74) is -1.94. The minimum Gasteiger partial charge on any atom is -0.256 e. The molecule has 2 aromatic rings. The van der Waals surface area contributed by atoms with Crippen molar-refractivity contribution in [3.63, 3.8) is 0 Å². The van der Waals surface area contributed by atoms with Crippen molar-refractivity contribution in [1.29, 1.82) is 0 Å². The van der Waals surface area contributed by atoms with E-state index in [0.717, 1.165) is 12.1 Å². The Bertz CT molecular complexity index is 648. The van der Waals surface area contributed by atoms with Crippen molar-refractivity contribution >= 4 is 0 Å². The summed E-state index contributed by atoms with van der Waals surface area (Å²) < 4.78 is 73.2. The van der Waals surface area contributed by atoms with Crippen molar-refractivity contribution in [2.24, 2.45) is 0 Å². The molecule has 1 aromatic carbocycles. The van der Waals surface area contributed by atoms with Crippen LogP contribution in [0.25, 0.3) is 11.3 Å². The lowest BCUT2D eigenvalue weighted by atomic mass is 10.1. The maximum atomic E-state index is 13.0. The zero-order valence-corrected chi connectivity index (χ0v) is 8.92. The molecular weight excluding hydrogens is 246 g/mol. The molecule has 0 aliphatic carbocycles. The smallest absolute Gasteiger partial charge is 0.256 e. The molecule has 0 N–H and O–H groups in total. The van der Waals surface area contributed by atoms with Crippen LogP contribution in [0.5, 0.6) is 0 Å². The molecular formula is C13H9F4N. The Labute approximate surface area is 105 Å². The summed E-state index contributed by atoms with van der Waals surface area (Å²) in [6.45, 7) is -2.92. The predicted octanol–water partition coefficient (Wildman–Crippen LogP) is 4.21. The van der Waals surface area contributed by atoms with Crippen LogP contribution in [0.2, 0.25) is 0 Å². The Kier molecular flexibility index (Phi) is 2.22. The minimum atomic E-state index is -4.82. The second kappa shape index (κ2) is 4.40. The van der Waals surface area contributed by atoms with Crippen LogP contribution in [-0.2, 0) is 6.18 Å². The van der Waals surface area contributed by atoms with Crippen molar-refractivity contribution < 1.29 is 21.7 Å². The molecule has 0 radical (unpaired) electrons. The van der Waals surface area contributed by atoms with E-state index >= 15 is 0 Å². The van der Waals surface area contributed by atoms with Crippen LogP contribution < -0.4 is 0 Å². The van der Waals surface area contributed by atoms with Gasteiger partial charge in [-0.1, -0.05) is 0 Å². The lowest BCUT2D eigenvalue weighted by Gasteiger charge is -2.11. The van der Waals surface area contributed by atoms with Crippen LogP contribution in [-0.4, -0.2) is 4.98 Å². The fourth-order valence-corrected chi connectivity index (χ4v) is 1.47. The number of nitrogens with zero attached hydrogens (tertiary/aromatic N) is 1. The highest BCUT2D eigenvalue weighted by Gasteiger charge is 2.32. The number of hydrogen-bond donors (Lipinski definition) is 0. The highest BCUT2D eigenvalue weighted by Crippen LogP contribution is 2.33. The molecule has 0 unspecified atom stereocenters.